The first-order valence-corrected chi connectivity index (χ1v) is 7.33. The molecule has 0 N–H and O–H groups in total. The van der Waals surface area contributed by atoms with Crippen molar-refractivity contribution in [2.24, 2.45) is 0 Å². The molecule has 0 unspecified atom stereocenters. The van der Waals surface area contributed by atoms with Crippen LogP contribution in [0.15, 0.2) is 24.3 Å². The first kappa shape index (κ1) is 12.5. The standard InChI is InChI=1S/C12H16BrI/c13-10-4-2-1-3-5-11-6-8-12(14)9-7-11/h6-9H,1-5,10H2. The Morgan fingerprint density at radius 3 is 2.21 bits per heavy atom. The second kappa shape index (κ2) is 7.69. The first-order chi connectivity index (χ1) is 6.83. The van der Waals surface area contributed by atoms with E-state index in [9.17, 15) is 0 Å². The molecule has 0 aliphatic heterocycles. The van der Waals surface area contributed by atoms with Crippen LogP contribution in [0.2, 0.25) is 0 Å². The number of alkyl halides is 1. The van der Waals surface area contributed by atoms with Gasteiger partial charge in [0.15, 0.2) is 0 Å². The summed E-state index contributed by atoms with van der Waals surface area (Å²) < 4.78 is 1.32. The minimum Gasteiger partial charge on any atom is -0.0928 e. The smallest absolute Gasteiger partial charge is 0.0130 e. The van der Waals surface area contributed by atoms with Crippen molar-refractivity contribution in [3.8, 4) is 0 Å². The highest BCUT2D eigenvalue weighted by atomic mass is 127. The van der Waals surface area contributed by atoms with Gasteiger partial charge in [-0.15, -0.1) is 0 Å². The van der Waals surface area contributed by atoms with E-state index in [2.05, 4.69) is 62.8 Å². The molecule has 0 aliphatic carbocycles. The van der Waals surface area contributed by atoms with Crippen LogP contribution in [0.4, 0.5) is 0 Å². The number of rotatable bonds is 6. The second-order valence-corrected chi connectivity index (χ2v) is 5.52. The zero-order chi connectivity index (χ0) is 10.2. The second-order valence-electron chi connectivity index (χ2n) is 3.48. The molecular weight excluding hydrogens is 351 g/mol. The number of aryl methyl sites for hydroxylation is 1. The van der Waals surface area contributed by atoms with Crippen LogP contribution in [0.3, 0.4) is 0 Å². The molecule has 0 fully saturated rings. The van der Waals surface area contributed by atoms with Gasteiger partial charge in [0.2, 0.25) is 0 Å². The molecule has 0 saturated carbocycles. The summed E-state index contributed by atoms with van der Waals surface area (Å²) in [5, 5.41) is 1.15. The van der Waals surface area contributed by atoms with Crippen molar-refractivity contribution in [1.82, 2.24) is 0 Å². The molecule has 0 atom stereocenters. The van der Waals surface area contributed by atoms with E-state index in [1.165, 1.54) is 41.2 Å². The summed E-state index contributed by atoms with van der Waals surface area (Å²) in [7, 11) is 0. The van der Waals surface area contributed by atoms with Gasteiger partial charge in [0.25, 0.3) is 0 Å². The molecule has 1 aromatic carbocycles. The fraction of sp³-hybridized carbons (Fsp3) is 0.500. The van der Waals surface area contributed by atoms with Crippen molar-refractivity contribution < 1.29 is 0 Å². The molecule has 0 bridgehead atoms. The van der Waals surface area contributed by atoms with E-state index in [0.29, 0.717) is 0 Å². The predicted molar refractivity (Wildman–Crippen MR) is 75.1 cm³/mol. The van der Waals surface area contributed by atoms with Gasteiger partial charge >= 0.3 is 0 Å². The maximum atomic E-state index is 3.45. The number of unbranched alkanes of at least 4 members (excludes halogenated alkanes) is 3. The third-order valence-electron chi connectivity index (χ3n) is 2.26. The van der Waals surface area contributed by atoms with Gasteiger partial charge in [-0.2, -0.15) is 0 Å². The predicted octanol–water partition coefficient (Wildman–Crippen LogP) is 4.79. The van der Waals surface area contributed by atoms with Crippen LogP contribution in [0.5, 0.6) is 0 Å². The highest BCUT2D eigenvalue weighted by molar-refractivity contribution is 14.1. The van der Waals surface area contributed by atoms with Gasteiger partial charge in [-0.05, 0) is 59.5 Å². The zero-order valence-electron chi connectivity index (χ0n) is 8.31. The summed E-state index contributed by atoms with van der Waals surface area (Å²) >= 11 is 5.80. The highest BCUT2D eigenvalue weighted by Crippen LogP contribution is 2.11. The minimum absolute atomic E-state index is 1.15. The molecule has 0 heterocycles. The van der Waals surface area contributed by atoms with Crippen molar-refractivity contribution in [2.45, 2.75) is 32.1 Å². The molecule has 0 saturated heterocycles. The van der Waals surface area contributed by atoms with E-state index < -0.39 is 0 Å². The Morgan fingerprint density at radius 2 is 1.57 bits per heavy atom. The Labute approximate surface area is 109 Å². The van der Waals surface area contributed by atoms with Gasteiger partial charge in [0.05, 0.1) is 0 Å². The SMILES string of the molecule is BrCCCCCCc1ccc(I)cc1. The minimum atomic E-state index is 1.15. The first-order valence-electron chi connectivity index (χ1n) is 5.13. The summed E-state index contributed by atoms with van der Waals surface area (Å²) in [5.41, 5.74) is 1.48. The molecule has 0 amide bonds. The van der Waals surface area contributed by atoms with Gasteiger partial charge in [-0.25, -0.2) is 0 Å². The maximum absolute atomic E-state index is 3.45. The molecule has 0 spiro atoms. The lowest BCUT2D eigenvalue weighted by Gasteiger charge is -2.01. The lowest BCUT2D eigenvalue weighted by atomic mass is 10.1. The lowest BCUT2D eigenvalue weighted by molar-refractivity contribution is 0.671. The van der Waals surface area contributed by atoms with Crippen LogP contribution in [-0.4, -0.2) is 5.33 Å². The van der Waals surface area contributed by atoms with E-state index in [1.54, 1.807) is 0 Å². The van der Waals surface area contributed by atoms with E-state index in [0.717, 1.165) is 5.33 Å². The molecule has 0 aromatic heterocycles. The van der Waals surface area contributed by atoms with Crippen LogP contribution >= 0.6 is 38.5 Å². The monoisotopic (exact) mass is 366 g/mol. The molecule has 0 aliphatic rings. The van der Waals surface area contributed by atoms with Gasteiger partial charge in [-0.3, -0.25) is 0 Å². The van der Waals surface area contributed by atoms with Crippen LogP contribution in [0.25, 0.3) is 0 Å². The Bertz CT molecular complexity index is 243. The molecule has 2 heteroatoms. The summed E-state index contributed by atoms with van der Waals surface area (Å²) in [4.78, 5) is 0. The Morgan fingerprint density at radius 1 is 0.929 bits per heavy atom. The maximum Gasteiger partial charge on any atom is 0.0130 e. The van der Waals surface area contributed by atoms with Crippen molar-refractivity contribution in [1.29, 1.82) is 0 Å². The Balaban J connectivity index is 2.15. The summed E-state index contributed by atoms with van der Waals surface area (Å²) in [5.74, 6) is 0. The molecule has 78 valence electrons. The van der Waals surface area contributed by atoms with Gasteiger partial charge in [-0.1, -0.05) is 40.9 Å². The molecule has 0 nitrogen and oxygen atoms in total. The van der Waals surface area contributed by atoms with Gasteiger partial charge in [0, 0.05) is 8.90 Å². The van der Waals surface area contributed by atoms with Crippen molar-refractivity contribution >= 4 is 38.5 Å². The van der Waals surface area contributed by atoms with Gasteiger partial charge < -0.3 is 0 Å². The van der Waals surface area contributed by atoms with E-state index >= 15 is 0 Å². The Hall–Kier alpha value is 0.430. The van der Waals surface area contributed by atoms with E-state index in [4.69, 9.17) is 0 Å². The third-order valence-corrected chi connectivity index (χ3v) is 3.54. The van der Waals surface area contributed by atoms with Crippen molar-refractivity contribution in [3.05, 3.63) is 33.4 Å². The molecular formula is C12H16BrI. The highest BCUT2D eigenvalue weighted by Gasteiger charge is 1.93. The average molecular weight is 367 g/mol. The number of halogens is 2. The van der Waals surface area contributed by atoms with Crippen molar-refractivity contribution in [2.75, 3.05) is 5.33 Å². The fourth-order valence-corrected chi connectivity index (χ4v) is 2.18. The summed E-state index contributed by atoms with van der Waals surface area (Å²) in [6.07, 6.45) is 6.59. The number of hydrogen-bond donors (Lipinski definition) is 0. The largest absolute Gasteiger partial charge is 0.0928 e. The fourth-order valence-electron chi connectivity index (χ4n) is 1.43. The Kier molecular flexibility index (Phi) is 6.86. The third kappa shape index (κ3) is 5.35. The summed E-state index contributed by atoms with van der Waals surface area (Å²) in [6, 6.07) is 8.86. The zero-order valence-corrected chi connectivity index (χ0v) is 12.1. The van der Waals surface area contributed by atoms with Crippen LogP contribution in [-0.2, 0) is 6.42 Å². The van der Waals surface area contributed by atoms with Gasteiger partial charge in [0.1, 0.15) is 0 Å². The van der Waals surface area contributed by atoms with Crippen LogP contribution < -0.4 is 0 Å². The molecule has 14 heavy (non-hydrogen) atoms. The van der Waals surface area contributed by atoms with Crippen LogP contribution in [0, 0.1) is 3.57 Å². The van der Waals surface area contributed by atoms with Crippen LogP contribution in [0.1, 0.15) is 31.2 Å². The normalized spacial score (nSPS) is 10.4. The van der Waals surface area contributed by atoms with E-state index in [1.807, 2.05) is 0 Å². The lowest BCUT2D eigenvalue weighted by Crippen LogP contribution is -1.86. The van der Waals surface area contributed by atoms with Crippen molar-refractivity contribution in [3.63, 3.8) is 0 Å². The average Bonchev–Trinajstić information content (AvgIpc) is 2.21. The summed E-state index contributed by atoms with van der Waals surface area (Å²) in [6.45, 7) is 0. The number of benzene rings is 1. The molecule has 1 aromatic rings. The van der Waals surface area contributed by atoms with E-state index in [-0.39, 0.29) is 0 Å². The molecule has 0 radical (unpaired) electrons. The number of hydrogen-bond acceptors (Lipinski definition) is 0. The topological polar surface area (TPSA) is 0 Å². The quantitative estimate of drug-likeness (QED) is 0.385. The molecule has 1 rings (SSSR count).